The first-order chi connectivity index (χ1) is 11.8. The lowest BCUT2D eigenvalue weighted by atomic mass is 10.1. The SMILES string of the molecule is Fc1cccc(NCc2ccccc2)c1/C=N/Cc1ccccc1. The van der Waals surface area contributed by atoms with E-state index in [-0.39, 0.29) is 5.82 Å². The summed E-state index contributed by atoms with van der Waals surface area (Å²) in [6.45, 7) is 1.18. The average molecular weight is 318 g/mol. The highest BCUT2D eigenvalue weighted by molar-refractivity contribution is 5.88. The van der Waals surface area contributed by atoms with Crippen molar-refractivity contribution in [1.82, 2.24) is 0 Å². The van der Waals surface area contributed by atoms with Crippen LogP contribution >= 0.6 is 0 Å². The van der Waals surface area contributed by atoms with E-state index < -0.39 is 0 Å². The second-order valence-electron chi connectivity index (χ2n) is 5.50. The lowest BCUT2D eigenvalue weighted by Crippen LogP contribution is -2.04. The Morgan fingerprint density at radius 2 is 1.46 bits per heavy atom. The van der Waals surface area contributed by atoms with Crippen LogP contribution in [0.2, 0.25) is 0 Å². The minimum Gasteiger partial charge on any atom is -0.380 e. The van der Waals surface area contributed by atoms with Crippen molar-refractivity contribution < 1.29 is 4.39 Å². The van der Waals surface area contributed by atoms with Gasteiger partial charge in [-0.2, -0.15) is 0 Å². The first kappa shape index (κ1) is 15.9. The maximum absolute atomic E-state index is 14.2. The summed E-state index contributed by atoms with van der Waals surface area (Å²) in [5, 5.41) is 3.29. The number of hydrogen-bond donors (Lipinski definition) is 1. The van der Waals surface area contributed by atoms with E-state index >= 15 is 0 Å². The zero-order chi connectivity index (χ0) is 16.6. The highest BCUT2D eigenvalue weighted by atomic mass is 19.1. The number of rotatable bonds is 6. The molecule has 0 fully saturated rings. The van der Waals surface area contributed by atoms with Gasteiger partial charge in [0.15, 0.2) is 0 Å². The third kappa shape index (κ3) is 4.29. The maximum Gasteiger partial charge on any atom is 0.134 e. The first-order valence-corrected chi connectivity index (χ1v) is 7.93. The number of nitrogens with zero attached hydrogens (tertiary/aromatic N) is 1. The molecule has 0 unspecified atom stereocenters. The summed E-state index contributed by atoms with van der Waals surface area (Å²) >= 11 is 0. The van der Waals surface area contributed by atoms with Crippen molar-refractivity contribution in [3.05, 3.63) is 101 Å². The fourth-order valence-corrected chi connectivity index (χ4v) is 2.44. The Balaban J connectivity index is 1.72. The molecule has 3 heteroatoms. The van der Waals surface area contributed by atoms with E-state index in [2.05, 4.69) is 10.3 Å². The monoisotopic (exact) mass is 318 g/mol. The number of nitrogens with one attached hydrogen (secondary N) is 1. The van der Waals surface area contributed by atoms with Crippen molar-refractivity contribution in [2.75, 3.05) is 5.32 Å². The van der Waals surface area contributed by atoms with Gasteiger partial charge in [-0.25, -0.2) is 4.39 Å². The van der Waals surface area contributed by atoms with Crippen LogP contribution in [-0.4, -0.2) is 6.21 Å². The van der Waals surface area contributed by atoms with Gasteiger partial charge in [0, 0.05) is 18.4 Å². The zero-order valence-electron chi connectivity index (χ0n) is 13.3. The molecule has 3 aromatic rings. The van der Waals surface area contributed by atoms with E-state index in [9.17, 15) is 4.39 Å². The Labute approximate surface area is 141 Å². The molecule has 2 nitrogen and oxygen atoms in total. The van der Waals surface area contributed by atoms with Crippen molar-refractivity contribution in [3.8, 4) is 0 Å². The standard InChI is InChI=1S/C21H19FN2/c22-20-12-7-13-21(24-15-18-10-5-2-6-11-18)19(20)16-23-14-17-8-3-1-4-9-17/h1-13,16,24H,14-15H2/b23-16+. The number of aliphatic imine (C=N–C) groups is 1. The van der Waals surface area contributed by atoms with E-state index in [1.54, 1.807) is 12.3 Å². The van der Waals surface area contributed by atoms with Gasteiger partial charge in [0.2, 0.25) is 0 Å². The first-order valence-electron chi connectivity index (χ1n) is 7.93. The second kappa shape index (κ2) is 8.06. The van der Waals surface area contributed by atoms with Gasteiger partial charge in [0.05, 0.1) is 12.1 Å². The summed E-state index contributed by atoms with van der Waals surface area (Å²) in [5.41, 5.74) is 3.48. The summed E-state index contributed by atoms with van der Waals surface area (Å²) in [4.78, 5) is 4.38. The van der Waals surface area contributed by atoms with Crippen LogP contribution in [0, 0.1) is 5.82 Å². The van der Waals surface area contributed by atoms with Crippen LogP contribution in [0.5, 0.6) is 0 Å². The molecule has 0 aliphatic rings. The van der Waals surface area contributed by atoms with Gasteiger partial charge < -0.3 is 5.32 Å². The molecule has 0 aliphatic carbocycles. The number of halogens is 1. The van der Waals surface area contributed by atoms with Gasteiger partial charge in [-0.3, -0.25) is 4.99 Å². The summed E-state index contributed by atoms with van der Waals surface area (Å²) in [7, 11) is 0. The van der Waals surface area contributed by atoms with Crippen LogP contribution in [0.25, 0.3) is 0 Å². The van der Waals surface area contributed by atoms with Crippen LogP contribution in [0.4, 0.5) is 10.1 Å². The zero-order valence-corrected chi connectivity index (χ0v) is 13.3. The number of hydrogen-bond acceptors (Lipinski definition) is 2. The van der Waals surface area contributed by atoms with E-state index in [0.29, 0.717) is 18.7 Å². The molecule has 0 radical (unpaired) electrons. The third-order valence-corrected chi connectivity index (χ3v) is 3.72. The van der Waals surface area contributed by atoms with Crippen molar-refractivity contribution >= 4 is 11.9 Å². The normalized spacial score (nSPS) is 10.9. The molecule has 0 bridgehead atoms. The lowest BCUT2D eigenvalue weighted by molar-refractivity contribution is 0.626. The molecule has 0 saturated heterocycles. The molecule has 0 heterocycles. The van der Waals surface area contributed by atoms with Gasteiger partial charge in [-0.15, -0.1) is 0 Å². The minimum absolute atomic E-state index is 0.273. The number of benzene rings is 3. The Morgan fingerprint density at radius 3 is 2.17 bits per heavy atom. The van der Waals surface area contributed by atoms with Gasteiger partial charge in [0.1, 0.15) is 5.82 Å². The molecular weight excluding hydrogens is 299 g/mol. The van der Waals surface area contributed by atoms with Gasteiger partial charge in [0.25, 0.3) is 0 Å². The topological polar surface area (TPSA) is 24.4 Å². The summed E-state index contributed by atoms with van der Waals surface area (Å²) < 4.78 is 14.2. The van der Waals surface area contributed by atoms with Crippen molar-refractivity contribution in [2.45, 2.75) is 13.1 Å². The van der Waals surface area contributed by atoms with Crippen LogP contribution in [0.3, 0.4) is 0 Å². The van der Waals surface area contributed by atoms with Gasteiger partial charge in [-0.1, -0.05) is 66.7 Å². The van der Waals surface area contributed by atoms with Gasteiger partial charge >= 0.3 is 0 Å². The highest BCUT2D eigenvalue weighted by Gasteiger charge is 2.06. The molecule has 0 saturated carbocycles. The quantitative estimate of drug-likeness (QED) is 0.631. The predicted molar refractivity (Wildman–Crippen MR) is 97.9 cm³/mol. The maximum atomic E-state index is 14.2. The highest BCUT2D eigenvalue weighted by Crippen LogP contribution is 2.18. The Hall–Kier alpha value is -2.94. The molecule has 0 aromatic heterocycles. The molecule has 0 amide bonds. The Kier molecular flexibility index (Phi) is 5.36. The summed E-state index contributed by atoms with van der Waals surface area (Å²) in [6.07, 6.45) is 1.61. The smallest absolute Gasteiger partial charge is 0.134 e. The molecule has 120 valence electrons. The Morgan fingerprint density at radius 1 is 0.792 bits per heavy atom. The molecular formula is C21H19FN2. The molecule has 0 atom stereocenters. The lowest BCUT2D eigenvalue weighted by Gasteiger charge is -2.10. The van der Waals surface area contributed by atoms with Crippen LogP contribution in [0.1, 0.15) is 16.7 Å². The van der Waals surface area contributed by atoms with Gasteiger partial charge in [-0.05, 0) is 23.3 Å². The van der Waals surface area contributed by atoms with Crippen molar-refractivity contribution in [3.63, 3.8) is 0 Å². The largest absolute Gasteiger partial charge is 0.380 e. The molecule has 0 aliphatic heterocycles. The van der Waals surface area contributed by atoms with Crippen molar-refractivity contribution in [2.24, 2.45) is 4.99 Å². The third-order valence-electron chi connectivity index (χ3n) is 3.72. The molecule has 1 N–H and O–H groups in total. The second-order valence-corrected chi connectivity index (χ2v) is 5.50. The van der Waals surface area contributed by atoms with E-state index in [1.807, 2.05) is 66.7 Å². The van der Waals surface area contributed by atoms with E-state index in [0.717, 1.165) is 16.8 Å². The fourth-order valence-electron chi connectivity index (χ4n) is 2.44. The predicted octanol–water partition coefficient (Wildman–Crippen LogP) is 5.06. The Bertz CT molecular complexity index is 799. The molecule has 0 spiro atoms. The summed E-state index contributed by atoms with van der Waals surface area (Å²) in [6, 6.07) is 25.0. The van der Waals surface area contributed by atoms with Crippen molar-refractivity contribution in [1.29, 1.82) is 0 Å². The number of anilines is 1. The van der Waals surface area contributed by atoms with Crippen LogP contribution < -0.4 is 5.32 Å². The van der Waals surface area contributed by atoms with E-state index in [1.165, 1.54) is 6.07 Å². The minimum atomic E-state index is -0.273. The van der Waals surface area contributed by atoms with Crippen LogP contribution in [-0.2, 0) is 13.1 Å². The average Bonchev–Trinajstić information content (AvgIpc) is 2.63. The fraction of sp³-hybridized carbons (Fsp3) is 0.0952. The van der Waals surface area contributed by atoms with E-state index in [4.69, 9.17) is 0 Å². The summed E-state index contributed by atoms with van der Waals surface area (Å²) in [5.74, 6) is -0.273. The van der Waals surface area contributed by atoms with Crippen LogP contribution in [0.15, 0.2) is 83.9 Å². The molecule has 3 aromatic carbocycles. The molecule has 24 heavy (non-hydrogen) atoms. The molecule has 3 rings (SSSR count).